The first-order chi connectivity index (χ1) is 18.9. The number of rotatable bonds is 8. The lowest BCUT2D eigenvalue weighted by Crippen LogP contribution is -2.50. The molecule has 2 amide bonds. The summed E-state index contributed by atoms with van der Waals surface area (Å²) >= 11 is 0.927. The van der Waals surface area contributed by atoms with Gasteiger partial charge in [0.15, 0.2) is 0 Å². The zero-order valence-electron chi connectivity index (χ0n) is 22.3. The summed E-state index contributed by atoms with van der Waals surface area (Å²) < 4.78 is 34.8. The number of aliphatic hydroxyl groups is 2. The highest BCUT2D eigenvalue weighted by Crippen LogP contribution is 2.40. The maximum Gasteiger partial charge on any atom is 0.409 e. The first kappa shape index (κ1) is 29.3. The number of anilines is 2. The van der Waals surface area contributed by atoms with Crippen molar-refractivity contribution in [3.63, 3.8) is 0 Å². The summed E-state index contributed by atoms with van der Waals surface area (Å²) in [6.07, 6.45) is -0.405. The molecule has 1 fully saturated rings. The molecule has 2 aromatic heterocycles. The minimum Gasteiger partial charge on any atom is -0.453 e. The third-order valence-corrected chi connectivity index (χ3v) is 7.77. The van der Waals surface area contributed by atoms with Gasteiger partial charge in [0.05, 0.1) is 42.2 Å². The summed E-state index contributed by atoms with van der Waals surface area (Å²) in [6, 6.07) is 8.10. The average Bonchev–Trinajstić information content (AvgIpc) is 3.31. The molecule has 5 N–H and O–H groups in total. The molecular formula is C27H31F2N5O5S. The van der Waals surface area contributed by atoms with Crippen LogP contribution < -0.4 is 11.1 Å². The molecule has 4 rings (SSSR count). The number of halogens is 2. The van der Waals surface area contributed by atoms with Gasteiger partial charge < -0.3 is 30.9 Å². The normalized spacial score (nSPS) is 15.1. The molecule has 3 aromatic rings. The average molecular weight is 576 g/mol. The SMILES string of the molecule is COC(=O)N1CCN(C(CO)c2cccc(Nc3sc(-c4c(F)cc(C(C)(C)O)cc4F)cc3C(N)=O)n2)CC1. The number of amides is 2. The molecule has 1 aliphatic heterocycles. The fraction of sp³-hybridized carbons (Fsp3) is 0.370. The Hall–Kier alpha value is -3.65. The van der Waals surface area contributed by atoms with Crippen LogP contribution in [0, 0.1) is 11.6 Å². The second-order valence-corrected chi connectivity index (χ2v) is 10.9. The maximum absolute atomic E-state index is 15.0. The molecule has 0 aliphatic carbocycles. The summed E-state index contributed by atoms with van der Waals surface area (Å²) in [5, 5.41) is 23.6. The Kier molecular flexibility index (Phi) is 8.68. The van der Waals surface area contributed by atoms with Gasteiger partial charge in [-0.25, -0.2) is 18.6 Å². The van der Waals surface area contributed by atoms with Gasteiger partial charge in [0, 0.05) is 31.1 Å². The summed E-state index contributed by atoms with van der Waals surface area (Å²) in [4.78, 5) is 32.3. The molecule has 1 aliphatic rings. The van der Waals surface area contributed by atoms with Crippen LogP contribution in [0.25, 0.3) is 10.4 Å². The molecule has 10 nitrogen and oxygen atoms in total. The Balaban J connectivity index is 1.60. The Labute approximate surface area is 234 Å². The van der Waals surface area contributed by atoms with Crippen molar-refractivity contribution in [2.75, 3.05) is 45.2 Å². The molecular weight excluding hydrogens is 544 g/mol. The molecule has 214 valence electrons. The fourth-order valence-corrected chi connectivity index (χ4v) is 5.64. The van der Waals surface area contributed by atoms with E-state index >= 15 is 0 Å². The summed E-state index contributed by atoms with van der Waals surface area (Å²) in [7, 11) is 1.33. The lowest BCUT2D eigenvalue weighted by atomic mass is 9.96. The minimum absolute atomic E-state index is 0.0233. The van der Waals surface area contributed by atoms with E-state index in [1.165, 1.54) is 27.0 Å². The van der Waals surface area contributed by atoms with Crippen molar-refractivity contribution in [3.8, 4) is 10.4 Å². The zero-order valence-corrected chi connectivity index (χ0v) is 23.1. The van der Waals surface area contributed by atoms with E-state index in [1.54, 1.807) is 23.1 Å². The number of nitrogens with zero attached hydrogens (tertiary/aromatic N) is 3. The van der Waals surface area contributed by atoms with Crippen LogP contribution in [-0.4, -0.2) is 76.9 Å². The number of aromatic nitrogens is 1. The molecule has 13 heteroatoms. The minimum atomic E-state index is -1.45. The zero-order chi connectivity index (χ0) is 29.2. The number of nitrogens with one attached hydrogen (secondary N) is 1. The highest BCUT2D eigenvalue weighted by atomic mass is 32.1. The summed E-state index contributed by atoms with van der Waals surface area (Å²) in [6.45, 7) is 4.50. The summed E-state index contributed by atoms with van der Waals surface area (Å²) in [5.41, 5.74) is 4.42. The van der Waals surface area contributed by atoms with Gasteiger partial charge in [0.1, 0.15) is 22.5 Å². The van der Waals surface area contributed by atoms with Crippen molar-refractivity contribution < 1.29 is 33.3 Å². The second kappa shape index (κ2) is 11.8. The Morgan fingerprint density at radius 2 is 1.82 bits per heavy atom. The first-order valence-electron chi connectivity index (χ1n) is 12.5. The number of thiophene rings is 1. The van der Waals surface area contributed by atoms with E-state index in [-0.39, 0.29) is 33.2 Å². The molecule has 40 heavy (non-hydrogen) atoms. The number of methoxy groups -OCH3 is 1. The van der Waals surface area contributed by atoms with Crippen molar-refractivity contribution in [2.45, 2.75) is 25.5 Å². The van der Waals surface area contributed by atoms with E-state index in [4.69, 9.17) is 10.5 Å². The number of pyridine rings is 1. The van der Waals surface area contributed by atoms with E-state index in [0.29, 0.717) is 37.7 Å². The van der Waals surface area contributed by atoms with Crippen LogP contribution >= 0.6 is 11.3 Å². The van der Waals surface area contributed by atoms with E-state index in [1.807, 2.05) is 4.90 Å². The van der Waals surface area contributed by atoms with Gasteiger partial charge in [0.2, 0.25) is 0 Å². The van der Waals surface area contributed by atoms with Gasteiger partial charge in [-0.1, -0.05) is 6.07 Å². The Morgan fingerprint density at radius 3 is 2.38 bits per heavy atom. The van der Waals surface area contributed by atoms with Crippen LogP contribution in [0.3, 0.4) is 0 Å². The van der Waals surface area contributed by atoms with Crippen LogP contribution in [0.4, 0.5) is 24.4 Å². The molecule has 3 heterocycles. The highest BCUT2D eigenvalue weighted by molar-refractivity contribution is 7.20. The number of hydrogen-bond donors (Lipinski definition) is 4. The van der Waals surface area contributed by atoms with Crippen LogP contribution in [-0.2, 0) is 10.3 Å². The molecule has 1 atom stereocenters. The highest BCUT2D eigenvalue weighted by Gasteiger charge is 2.28. The number of piperazine rings is 1. The van der Waals surface area contributed by atoms with E-state index < -0.39 is 35.3 Å². The largest absolute Gasteiger partial charge is 0.453 e. The van der Waals surface area contributed by atoms with Gasteiger partial charge in [-0.3, -0.25) is 9.69 Å². The molecule has 0 saturated carbocycles. The lowest BCUT2D eigenvalue weighted by Gasteiger charge is -2.37. The smallest absolute Gasteiger partial charge is 0.409 e. The van der Waals surface area contributed by atoms with Crippen molar-refractivity contribution in [3.05, 3.63) is 64.9 Å². The van der Waals surface area contributed by atoms with Crippen molar-refractivity contribution in [2.24, 2.45) is 5.73 Å². The number of carbonyl (C=O) groups is 2. The number of hydrogen-bond acceptors (Lipinski definition) is 9. The second-order valence-electron chi connectivity index (χ2n) is 9.86. The van der Waals surface area contributed by atoms with Crippen LogP contribution in [0.15, 0.2) is 36.4 Å². The Morgan fingerprint density at radius 1 is 1.18 bits per heavy atom. The molecule has 1 unspecified atom stereocenters. The third-order valence-electron chi connectivity index (χ3n) is 6.71. The molecule has 0 radical (unpaired) electrons. The molecule has 0 bridgehead atoms. The summed E-state index contributed by atoms with van der Waals surface area (Å²) in [5.74, 6) is -2.25. The van der Waals surface area contributed by atoms with E-state index in [2.05, 4.69) is 10.3 Å². The van der Waals surface area contributed by atoms with Gasteiger partial charge in [0.25, 0.3) is 5.91 Å². The molecule has 0 spiro atoms. The number of nitrogens with two attached hydrogens (primary N) is 1. The Bertz CT molecular complexity index is 1380. The number of primary amides is 1. The van der Waals surface area contributed by atoms with Gasteiger partial charge in [-0.15, -0.1) is 11.3 Å². The monoisotopic (exact) mass is 575 g/mol. The maximum atomic E-state index is 15.0. The molecule has 1 aromatic carbocycles. The number of aliphatic hydroxyl groups excluding tert-OH is 1. The van der Waals surface area contributed by atoms with Crippen LogP contribution in [0.1, 0.15) is 41.5 Å². The number of ether oxygens (including phenoxy) is 1. The van der Waals surface area contributed by atoms with Crippen molar-refractivity contribution in [1.29, 1.82) is 0 Å². The van der Waals surface area contributed by atoms with Gasteiger partial charge in [-0.05, 0) is 49.7 Å². The number of benzene rings is 1. The van der Waals surface area contributed by atoms with Crippen LogP contribution in [0.5, 0.6) is 0 Å². The first-order valence-corrected chi connectivity index (χ1v) is 13.3. The third kappa shape index (κ3) is 6.22. The van der Waals surface area contributed by atoms with Crippen molar-refractivity contribution >= 4 is 34.2 Å². The fourth-order valence-electron chi connectivity index (χ4n) is 4.52. The lowest BCUT2D eigenvalue weighted by molar-refractivity contribution is 0.0552. The van der Waals surface area contributed by atoms with Gasteiger partial charge in [-0.2, -0.15) is 0 Å². The predicted molar refractivity (Wildman–Crippen MR) is 146 cm³/mol. The van der Waals surface area contributed by atoms with E-state index in [9.17, 15) is 28.6 Å². The quantitative estimate of drug-likeness (QED) is 0.320. The standard InChI is InChI=1S/C27H31F2N5O5S/c1-27(2,38)15-11-17(28)23(18(29)12-15)21-13-16(24(30)36)25(40-21)32-22-6-4-5-19(31-22)20(14-35)33-7-9-34(10-8-33)26(37)39-3/h4-6,11-13,20,35,38H,7-10,14H2,1-3H3,(H2,30,36)(H,31,32). The van der Waals surface area contributed by atoms with Crippen LogP contribution in [0.2, 0.25) is 0 Å². The topological polar surface area (TPSA) is 141 Å². The van der Waals surface area contributed by atoms with E-state index in [0.717, 1.165) is 23.5 Å². The molecule has 1 saturated heterocycles. The predicted octanol–water partition coefficient (Wildman–Crippen LogP) is 3.58. The van der Waals surface area contributed by atoms with Crippen molar-refractivity contribution in [1.82, 2.24) is 14.8 Å². The number of carbonyl (C=O) groups excluding carboxylic acids is 2. The van der Waals surface area contributed by atoms with Gasteiger partial charge >= 0.3 is 6.09 Å².